The molecule has 1 atom stereocenters. The lowest BCUT2D eigenvalue weighted by atomic mass is 10.00. The molecular weight excluding hydrogens is 308 g/mol. The SMILES string of the molecule is CCCC(CCO)CNC(=O)c1cc(N)ccc1Br. The molecule has 1 amide bonds. The maximum absolute atomic E-state index is 12.1. The fraction of sp³-hybridized carbons (Fsp3) is 0.500. The number of carbonyl (C=O) groups is 1. The highest BCUT2D eigenvalue weighted by atomic mass is 79.9. The van der Waals surface area contributed by atoms with Gasteiger partial charge in [-0.05, 0) is 52.9 Å². The standard InChI is InChI=1S/C14H21BrN2O2/c1-2-3-10(6-7-18)9-17-14(19)12-8-11(16)4-5-13(12)15/h4-5,8,10,18H,2-3,6-7,9,16H2,1H3,(H,17,19). The number of anilines is 1. The van der Waals surface area contributed by atoms with E-state index in [1.54, 1.807) is 18.2 Å². The molecular formula is C14H21BrN2O2. The van der Waals surface area contributed by atoms with Crippen LogP contribution in [0.1, 0.15) is 36.5 Å². The van der Waals surface area contributed by atoms with Crippen molar-refractivity contribution in [1.82, 2.24) is 5.32 Å². The van der Waals surface area contributed by atoms with E-state index in [4.69, 9.17) is 10.8 Å². The van der Waals surface area contributed by atoms with Crippen molar-refractivity contribution in [2.24, 2.45) is 5.92 Å². The van der Waals surface area contributed by atoms with Gasteiger partial charge >= 0.3 is 0 Å². The van der Waals surface area contributed by atoms with Crippen LogP contribution in [0, 0.1) is 5.92 Å². The molecule has 0 aliphatic heterocycles. The average molecular weight is 329 g/mol. The minimum absolute atomic E-state index is 0.141. The molecule has 0 bridgehead atoms. The van der Waals surface area contributed by atoms with Crippen molar-refractivity contribution in [1.29, 1.82) is 0 Å². The summed E-state index contributed by atoms with van der Waals surface area (Å²) < 4.78 is 0.730. The predicted molar refractivity (Wildman–Crippen MR) is 81.0 cm³/mol. The number of aliphatic hydroxyl groups excluding tert-OH is 1. The van der Waals surface area contributed by atoms with Crippen LogP contribution in [-0.2, 0) is 0 Å². The van der Waals surface area contributed by atoms with E-state index < -0.39 is 0 Å². The summed E-state index contributed by atoms with van der Waals surface area (Å²) in [5.41, 5.74) is 6.79. The zero-order valence-electron chi connectivity index (χ0n) is 11.2. The number of halogens is 1. The summed E-state index contributed by atoms with van der Waals surface area (Å²) in [7, 11) is 0. The molecule has 0 radical (unpaired) electrons. The largest absolute Gasteiger partial charge is 0.399 e. The molecule has 0 aliphatic carbocycles. The number of hydrogen-bond donors (Lipinski definition) is 3. The molecule has 0 spiro atoms. The van der Waals surface area contributed by atoms with Gasteiger partial charge in [0.2, 0.25) is 0 Å². The highest BCUT2D eigenvalue weighted by Gasteiger charge is 2.13. The van der Waals surface area contributed by atoms with Crippen LogP contribution < -0.4 is 11.1 Å². The zero-order valence-corrected chi connectivity index (χ0v) is 12.7. The van der Waals surface area contributed by atoms with Gasteiger partial charge in [-0.2, -0.15) is 0 Å². The molecule has 4 N–H and O–H groups in total. The summed E-state index contributed by atoms with van der Waals surface area (Å²) in [6.07, 6.45) is 2.76. The van der Waals surface area contributed by atoms with Crippen LogP contribution in [0.5, 0.6) is 0 Å². The first-order chi connectivity index (χ1) is 9.08. The summed E-state index contributed by atoms with van der Waals surface area (Å²) in [6, 6.07) is 5.16. The Bertz CT molecular complexity index is 418. The van der Waals surface area contributed by atoms with Gasteiger partial charge in [0.05, 0.1) is 5.56 Å². The Hall–Kier alpha value is -1.07. The smallest absolute Gasteiger partial charge is 0.252 e. The van der Waals surface area contributed by atoms with E-state index in [2.05, 4.69) is 28.2 Å². The molecule has 1 aromatic carbocycles. The van der Waals surface area contributed by atoms with E-state index in [1.165, 1.54) is 0 Å². The zero-order chi connectivity index (χ0) is 14.3. The Morgan fingerprint density at radius 1 is 1.47 bits per heavy atom. The molecule has 5 heteroatoms. The van der Waals surface area contributed by atoms with Crippen LogP contribution >= 0.6 is 15.9 Å². The number of rotatable bonds is 7. The molecule has 0 aromatic heterocycles. The molecule has 1 unspecified atom stereocenters. The van der Waals surface area contributed by atoms with Crippen molar-refractivity contribution >= 4 is 27.5 Å². The number of hydrogen-bond acceptors (Lipinski definition) is 3. The Kier molecular flexibility index (Phi) is 6.87. The number of nitrogen functional groups attached to an aromatic ring is 1. The number of nitrogens with two attached hydrogens (primary N) is 1. The minimum Gasteiger partial charge on any atom is -0.399 e. The molecule has 4 nitrogen and oxygen atoms in total. The van der Waals surface area contributed by atoms with E-state index in [0.717, 1.165) is 17.3 Å². The number of carbonyl (C=O) groups excluding carboxylic acids is 1. The maximum Gasteiger partial charge on any atom is 0.252 e. The average Bonchev–Trinajstić information content (AvgIpc) is 2.39. The third kappa shape index (κ3) is 5.20. The normalized spacial score (nSPS) is 12.2. The minimum atomic E-state index is -0.141. The molecule has 0 fully saturated rings. The number of nitrogens with one attached hydrogen (secondary N) is 1. The van der Waals surface area contributed by atoms with Crippen LogP contribution in [0.25, 0.3) is 0 Å². The second-order valence-corrected chi connectivity index (χ2v) is 5.47. The third-order valence-electron chi connectivity index (χ3n) is 3.02. The number of aliphatic hydroxyl groups is 1. The van der Waals surface area contributed by atoms with Crippen molar-refractivity contribution in [2.45, 2.75) is 26.2 Å². The summed E-state index contributed by atoms with van der Waals surface area (Å²) in [5.74, 6) is 0.178. The highest BCUT2D eigenvalue weighted by Crippen LogP contribution is 2.19. The molecule has 0 saturated carbocycles. The third-order valence-corrected chi connectivity index (χ3v) is 3.71. The van der Waals surface area contributed by atoms with Crippen molar-refractivity contribution in [3.05, 3.63) is 28.2 Å². The van der Waals surface area contributed by atoms with Crippen LogP contribution in [0.4, 0.5) is 5.69 Å². The van der Waals surface area contributed by atoms with Gasteiger partial charge in [-0.1, -0.05) is 13.3 Å². The van der Waals surface area contributed by atoms with Gasteiger partial charge in [-0.3, -0.25) is 4.79 Å². The fourth-order valence-corrected chi connectivity index (χ4v) is 2.42. The molecule has 1 aromatic rings. The lowest BCUT2D eigenvalue weighted by Crippen LogP contribution is -2.30. The monoisotopic (exact) mass is 328 g/mol. The first-order valence-corrected chi connectivity index (χ1v) is 7.31. The first kappa shape index (κ1) is 16.0. The Balaban J connectivity index is 2.61. The van der Waals surface area contributed by atoms with E-state index in [1.807, 2.05) is 0 Å². The Morgan fingerprint density at radius 2 is 2.21 bits per heavy atom. The van der Waals surface area contributed by atoms with Crippen molar-refractivity contribution in [2.75, 3.05) is 18.9 Å². The molecule has 1 rings (SSSR count). The van der Waals surface area contributed by atoms with Gasteiger partial charge < -0.3 is 16.2 Å². The van der Waals surface area contributed by atoms with E-state index >= 15 is 0 Å². The molecule has 0 heterocycles. The van der Waals surface area contributed by atoms with Gasteiger partial charge in [-0.15, -0.1) is 0 Å². The van der Waals surface area contributed by atoms with E-state index in [0.29, 0.717) is 30.1 Å². The Morgan fingerprint density at radius 3 is 2.84 bits per heavy atom. The second kappa shape index (κ2) is 8.17. The maximum atomic E-state index is 12.1. The number of amides is 1. The van der Waals surface area contributed by atoms with Gasteiger partial charge in [0, 0.05) is 23.3 Å². The van der Waals surface area contributed by atoms with Crippen molar-refractivity contribution < 1.29 is 9.90 Å². The molecule has 19 heavy (non-hydrogen) atoms. The fourth-order valence-electron chi connectivity index (χ4n) is 1.99. The van der Waals surface area contributed by atoms with Gasteiger partial charge in [0.15, 0.2) is 0 Å². The lowest BCUT2D eigenvalue weighted by molar-refractivity contribution is 0.0942. The molecule has 0 saturated heterocycles. The Labute approximate surface area is 122 Å². The summed E-state index contributed by atoms with van der Waals surface area (Å²) in [4.78, 5) is 12.1. The predicted octanol–water partition coefficient (Wildman–Crippen LogP) is 2.56. The quantitative estimate of drug-likeness (QED) is 0.673. The van der Waals surface area contributed by atoms with Crippen LogP contribution in [0.3, 0.4) is 0 Å². The summed E-state index contributed by atoms with van der Waals surface area (Å²) >= 11 is 3.34. The van der Waals surface area contributed by atoms with Gasteiger partial charge in [0.1, 0.15) is 0 Å². The number of benzene rings is 1. The second-order valence-electron chi connectivity index (χ2n) is 4.62. The summed E-state index contributed by atoms with van der Waals surface area (Å²) in [6.45, 7) is 2.83. The van der Waals surface area contributed by atoms with Gasteiger partial charge in [-0.25, -0.2) is 0 Å². The summed E-state index contributed by atoms with van der Waals surface area (Å²) in [5, 5.41) is 11.9. The lowest BCUT2D eigenvalue weighted by Gasteiger charge is -2.16. The van der Waals surface area contributed by atoms with E-state index in [9.17, 15) is 4.79 Å². The van der Waals surface area contributed by atoms with Gasteiger partial charge in [0.25, 0.3) is 5.91 Å². The van der Waals surface area contributed by atoms with E-state index in [-0.39, 0.29) is 12.5 Å². The van der Waals surface area contributed by atoms with Crippen molar-refractivity contribution in [3.63, 3.8) is 0 Å². The molecule has 106 valence electrons. The van der Waals surface area contributed by atoms with Crippen LogP contribution in [-0.4, -0.2) is 24.2 Å². The first-order valence-electron chi connectivity index (χ1n) is 6.52. The molecule has 0 aliphatic rings. The van der Waals surface area contributed by atoms with Crippen LogP contribution in [0.15, 0.2) is 22.7 Å². The highest BCUT2D eigenvalue weighted by molar-refractivity contribution is 9.10. The van der Waals surface area contributed by atoms with Crippen LogP contribution in [0.2, 0.25) is 0 Å². The van der Waals surface area contributed by atoms with Crippen molar-refractivity contribution in [3.8, 4) is 0 Å². The topological polar surface area (TPSA) is 75.3 Å².